The van der Waals surface area contributed by atoms with E-state index in [1.165, 1.54) is 24.3 Å². The zero-order valence-corrected chi connectivity index (χ0v) is 10.1. The number of rotatable bonds is 6. The van der Waals surface area contributed by atoms with Crippen LogP contribution in [0.25, 0.3) is 0 Å². The number of hydrogen-bond donors (Lipinski definition) is 1. The van der Waals surface area contributed by atoms with Crippen LogP contribution in [0.4, 0.5) is 22.0 Å². The zero-order chi connectivity index (χ0) is 14.0. The summed E-state index contributed by atoms with van der Waals surface area (Å²) >= 11 is 0. The maximum atomic E-state index is 12.9. The van der Waals surface area contributed by atoms with Crippen LogP contribution >= 0.6 is 0 Å². The highest BCUT2D eigenvalue weighted by molar-refractivity contribution is 5.22. The molecule has 19 heavy (non-hydrogen) atoms. The van der Waals surface area contributed by atoms with E-state index < -0.39 is 30.8 Å². The van der Waals surface area contributed by atoms with Crippen molar-refractivity contribution >= 4 is 0 Å². The van der Waals surface area contributed by atoms with Gasteiger partial charge in [0.15, 0.2) is 0 Å². The molecule has 1 saturated carbocycles. The van der Waals surface area contributed by atoms with Crippen molar-refractivity contribution in [2.45, 2.75) is 31.2 Å². The molecule has 0 aliphatic heterocycles. The van der Waals surface area contributed by atoms with Gasteiger partial charge in [0.05, 0.1) is 6.54 Å². The van der Waals surface area contributed by atoms with Crippen molar-refractivity contribution in [1.82, 2.24) is 5.32 Å². The molecule has 2 rings (SSSR count). The molecule has 6 heteroatoms. The fraction of sp³-hybridized carbons (Fsp3) is 0.538. The van der Waals surface area contributed by atoms with Crippen molar-refractivity contribution in [1.29, 1.82) is 0 Å². The van der Waals surface area contributed by atoms with Crippen LogP contribution < -0.4 is 5.32 Å². The topological polar surface area (TPSA) is 12.0 Å². The molecule has 106 valence electrons. The van der Waals surface area contributed by atoms with E-state index in [1.807, 2.05) is 0 Å². The van der Waals surface area contributed by atoms with Gasteiger partial charge in [0.1, 0.15) is 5.82 Å². The molecule has 1 N–H and O–H groups in total. The van der Waals surface area contributed by atoms with E-state index in [-0.39, 0.29) is 5.92 Å². The minimum Gasteiger partial charge on any atom is -0.304 e. The Hall–Kier alpha value is -1.17. The highest BCUT2D eigenvalue weighted by Gasteiger charge is 2.42. The summed E-state index contributed by atoms with van der Waals surface area (Å²) in [6, 6.07) is 5.03. The summed E-state index contributed by atoms with van der Waals surface area (Å²) in [5.41, 5.74) is 0.647. The lowest BCUT2D eigenvalue weighted by Crippen LogP contribution is -2.40. The molecule has 1 unspecified atom stereocenters. The van der Waals surface area contributed by atoms with Crippen LogP contribution in [0.3, 0.4) is 0 Å². The van der Waals surface area contributed by atoms with E-state index in [2.05, 4.69) is 5.32 Å². The molecule has 0 amide bonds. The van der Waals surface area contributed by atoms with Crippen molar-refractivity contribution in [3.63, 3.8) is 0 Å². The molecule has 1 aromatic rings. The van der Waals surface area contributed by atoms with Gasteiger partial charge in [-0.15, -0.1) is 0 Å². The van der Waals surface area contributed by atoms with Crippen molar-refractivity contribution in [2.75, 3.05) is 6.54 Å². The van der Waals surface area contributed by atoms with Crippen LogP contribution in [0.1, 0.15) is 24.4 Å². The minimum absolute atomic E-state index is 0.152. The second kappa shape index (κ2) is 5.45. The predicted molar refractivity (Wildman–Crippen MR) is 60.8 cm³/mol. The van der Waals surface area contributed by atoms with Crippen LogP contribution in [0, 0.1) is 11.7 Å². The van der Waals surface area contributed by atoms with E-state index >= 15 is 0 Å². The average Bonchev–Trinajstić information content (AvgIpc) is 3.16. The number of hydrogen-bond acceptors (Lipinski definition) is 1. The largest absolute Gasteiger partial charge is 0.319 e. The summed E-state index contributed by atoms with van der Waals surface area (Å²) in [6.45, 7) is -1.08. The van der Waals surface area contributed by atoms with E-state index in [1.54, 1.807) is 0 Å². The van der Waals surface area contributed by atoms with Gasteiger partial charge in [-0.1, -0.05) is 12.1 Å². The Kier molecular flexibility index (Phi) is 4.08. The molecule has 1 atom stereocenters. The first kappa shape index (κ1) is 14.2. The lowest BCUT2D eigenvalue weighted by Gasteiger charge is -2.22. The normalized spacial score (nSPS) is 17.8. The van der Waals surface area contributed by atoms with Gasteiger partial charge in [-0.2, -0.15) is 8.78 Å². The van der Waals surface area contributed by atoms with E-state index in [4.69, 9.17) is 0 Å². The van der Waals surface area contributed by atoms with Crippen LogP contribution in [-0.4, -0.2) is 18.9 Å². The van der Waals surface area contributed by atoms with Gasteiger partial charge in [-0.3, -0.25) is 0 Å². The summed E-state index contributed by atoms with van der Waals surface area (Å²) in [5.74, 6) is -4.32. The first-order chi connectivity index (χ1) is 8.90. The summed E-state index contributed by atoms with van der Waals surface area (Å²) in [4.78, 5) is 0. The molecule has 0 spiro atoms. The van der Waals surface area contributed by atoms with Crippen molar-refractivity contribution in [2.24, 2.45) is 5.92 Å². The quantitative estimate of drug-likeness (QED) is 0.782. The third-order valence-corrected chi connectivity index (χ3v) is 3.20. The van der Waals surface area contributed by atoms with Crippen LogP contribution in [0.2, 0.25) is 0 Å². The van der Waals surface area contributed by atoms with E-state index in [9.17, 15) is 22.0 Å². The average molecular weight is 279 g/mol. The summed E-state index contributed by atoms with van der Waals surface area (Å²) < 4.78 is 62.8. The second-order valence-corrected chi connectivity index (χ2v) is 4.81. The Labute approximate surface area is 107 Å². The summed E-state index contributed by atoms with van der Waals surface area (Å²) in [6.07, 6.45) is -1.97. The van der Waals surface area contributed by atoms with Crippen LogP contribution in [-0.2, 0) is 0 Å². The smallest absolute Gasteiger partial charge is 0.304 e. The Morgan fingerprint density at radius 3 is 2.21 bits per heavy atom. The van der Waals surface area contributed by atoms with Gasteiger partial charge in [0.25, 0.3) is 0 Å². The number of nitrogens with one attached hydrogen (secondary N) is 1. The van der Waals surface area contributed by atoms with Gasteiger partial charge >= 0.3 is 12.3 Å². The maximum absolute atomic E-state index is 12.9. The Bertz CT molecular complexity index is 414. The second-order valence-electron chi connectivity index (χ2n) is 4.81. The Morgan fingerprint density at radius 2 is 1.74 bits per heavy atom. The van der Waals surface area contributed by atoms with Crippen LogP contribution in [0.15, 0.2) is 24.3 Å². The molecular formula is C13H14F5N. The van der Waals surface area contributed by atoms with Gasteiger partial charge in [-0.25, -0.2) is 13.2 Å². The predicted octanol–water partition coefficient (Wildman–Crippen LogP) is 3.77. The fourth-order valence-corrected chi connectivity index (χ4v) is 1.98. The highest BCUT2D eigenvalue weighted by Crippen LogP contribution is 2.41. The molecule has 0 heterocycles. The number of halogens is 5. The zero-order valence-electron chi connectivity index (χ0n) is 10.1. The van der Waals surface area contributed by atoms with E-state index in [0.29, 0.717) is 5.56 Å². The SMILES string of the molecule is Fc1ccc(C(NCC(F)(F)C(F)F)C2CC2)cc1. The van der Waals surface area contributed by atoms with Gasteiger partial charge in [0.2, 0.25) is 0 Å². The molecular weight excluding hydrogens is 265 g/mol. The fourth-order valence-electron chi connectivity index (χ4n) is 1.98. The molecule has 0 aromatic heterocycles. The first-order valence-electron chi connectivity index (χ1n) is 6.05. The number of alkyl halides is 4. The highest BCUT2D eigenvalue weighted by atomic mass is 19.3. The first-order valence-corrected chi connectivity index (χ1v) is 6.05. The van der Waals surface area contributed by atoms with E-state index in [0.717, 1.165) is 12.8 Å². The lowest BCUT2D eigenvalue weighted by molar-refractivity contribution is -0.126. The van der Waals surface area contributed by atoms with Gasteiger partial charge < -0.3 is 5.32 Å². The monoisotopic (exact) mass is 279 g/mol. The molecule has 0 bridgehead atoms. The van der Waals surface area contributed by atoms with Gasteiger partial charge in [0, 0.05) is 6.04 Å². The molecule has 0 saturated heterocycles. The van der Waals surface area contributed by atoms with Crippen molar-refractivity contribution < 1.29 is 22.0 Å². The summed E-state index contributed by atoms with van der Waals surface area (Å²) in [7, 11) is 0. The minimum atomic E-state index is -4.05. The third kappa shape index (κ3) is 3.65. The molecule has 1 aliphatic carbocycles. The molecule has 0 radical (unpaired) electrons. The maximum Gasteiger partial charge on any atom is 0.319 e. The molecule has 1 aliphatic rings. The molecule has 1 aromatic carbocycles. The van der Waals surface area contributed by atoms with Gasteiger partial charge in [-0.05, 0) is 36.5 Å². The van der Waals surface area contributed by atoms with Crippen molar-refractivity contribution in [3.8, 4) is 0 Å². The Balaban J connectivity index is 2.03. The third-order valence-electron chi connectivity index (χ3n) is 3.20. The molecule has 1 nitrogen and oxygen atoms in total. The van der Waals surface area contributed by atoms with Crippen molar-refractivity contribution in [3.05, 3.63) is 35.6 Å². The standard InChI is InChI=1S/C13H14F5N/c14-10-5-3-9(4-6-10)11(8-1-2-8)19-7-13(17,18)12(15)16/h3-6,8,11-12,19H,1-2,7H2. The lowest BCUT2D eigenvalue weighted by atomic mass is 10.0. The summed E-state index contributed by atoms with van der Waals surface area (Å²) in [5, 5.41) is 2.49. The molecule has 1 fully saturated rings. The van der Waals surface area contributed by atoms with Crippen LogP contribution in [0.5, 0.6) is 0 Å². The Morgan fingerprint density at radius 1 is 1.16 bits per heavy atom. The number of benzene rings is 1.